The molecule has 1 N–H and O–H groups in total. The summed E-state index contributed by atoms with van der Waals surface area (Å²) in [5, 5.41) is 7.48. The molecule has 2 aromatic carbocycles. The predicted octanol–water partition coefficient (Wildman–Crippen LogP) is 4.40. The Bertz CT molecular complexity index is 1280. The van der Waals surface area contributed by atoms with Crippen LogP contribution in [0.4, 0.5) is 5.69 Å². The average Bonchev–Trinajstić information content (AvgIpc) is 3.30. The monoisotopic (exact) mass is 437 g/mol. The van der Waals surface area contributed by atoms with E-state index in [1.807, 2.05) is 58.0 Å². The third-order valence-electron chi connectivity index (χ3n) is 6.09. The van der Waals surface area contributed by atoms with E-state index in [0.717, 1.165) is 27.9 Å². The van der Waals surface area contributed by atoms with Crippen LogP contribution in [0.5, 0.6) is 0 Å². The molecule has 0 aliphatic carbocycles. The minimum Gasteiger partial charge on any atom is -0.321 e. The molecular weight excluding hydrogens is 410 g/mol. The van der Waals surface area contributed by atoms with Crippen molar-refractivity contribution in [2.45, 2.75) is 40.2 Å². The molecule has 7 heteroatoms. The number of anilines is 1. The Kier molecular flexibility index (Phi) is 5.47. The van der Waals surface area contributed by atoms with Gasteiger partial charge in [-0.1, -0.05) is 18.2 Å². The molecule has 1 amide bonds. The molecule has 0 saturated carbocycles. The zero-order valence-electron chi connectivity index (χ0n) is 18.3. The number of aromatic nitrogens is 2. The van der Waals surface area contributed by atoms with Crippen LogP contribution in [0.2, 0.25) is 0 Å². The van der Waals surface area contributed by atoms with Gasteiger partial charge in [-0.05, 0) is 80.6 Å². The van der Waals surface area contributed by atoms with E-state index in [-0.39, 0.29) is 29.1 Å². The van der Waals surface area contributed by atoms with Crippen molar-refractivity contribution in [2.75, 3.05) is 16.8 Å². The van der Waals surface area contributed by atoms with Gasteiger partial charge in [-0.3, -0.25) is 9.48 Å². The molecular formula is C24H27N3O3S. The summed E-state index contributed by atoms with van der Waals surface area (Å²) >= 11 is 0. The first kappa shape index (κ1) is 21.3. The molecule has 1 atom stereocenters. The smallest absolute Gasteiger partial charge is 0.276 e. The van der Waals surface area contributed by atoms with Crippen molar-refractivity contribution in [3.8, 4) is 11.3 Å². The van der Waals surface area contributed by atoms with Crippen molar-refractivity contribution in [1.82, 2.24) is 9.78 Å². The Hall–Kier alpha value is -2.93. The van der Waals surface area contributed by atoms with Crippen LogP contribution in [-0.2, 0) is 9.84 Å². The molecule has 3 aromatic rings. The van der Waals surface area contributed by atoms with Gasteiger partial charge in [0.25, 0.3) is 5.91 Å². The Morgan fingerprint density at radius 2 is 1.65 bits per heavy atom. The van der Waals surface area contributed by atoms with Crippen LogP contribution in [-0.4, -0.2) is 35.6 Å². The number of amides is 1. The summed E-state index contributed by atoms with van der Waals surface area (Å²) in [6.45, 7) is 8.10. The zero-order chi connectivity index (χ0) is 22.3. The summed E-state index contributed by atoms with van der Waals surface area (Å²) in [5.74, 6) is -0.119. The van der Waals surface area contributed by atoms with E-state index >= 15 is 0 Å². The van der Waals surface area contributed by atoms with Gasteiger partial charge in [0, 0.05) is 11.3 Å². The lowest BCUT2D eigenvalue weighted by Gasteiger charge is -2.14. The first-order valence-electron chi connectivity index (χ1n) is 10.4. The van der Waals surface area contributed by atoms with Crippen LogP contribution in [0.25, 0.3) is 11.3 Å². The Morgan fingerprint density at radius 3 is 2.26 bits per heavy atom. The van der Waals surface area contributed by atoms with Gasteiger partial charge in [0.05, 0.1) is 23.2 Å². The van der Waals surface area contributed by atoms with Crippen LogP contribution in [0, 0.1) is 27.7 Å². The molecule has 31 heavy (non-hydrogen) atoms. The van der Waals surface area contributed by atoms with Crippen LogP contribution in [0.15, 0.2) is 42.5 Å². The van der Waals surface area contributed by atoms with Crippen LogP contribution in [0.3, 0.4) is 0 Å². The number of hydrogen-bond acceptors (Lipinski definition) is 4. The lowest BCUT2D eigenvalue weighted by atomic mass is 10.0. The molecule has 2 heterocycles. The summed E-state index contributed by atoms with van der Waals surface area (Å²) in [6.07, 6.45) is 0.500. The maximum absolute atomic E-state index is 13.0. The molecule has 0 radical (unpaired) electrons. The maximum Gasteiger partial charge on any atom is 0.276 e. The summed E-state index contributed by atoms with van der Waals surface area (Å²) in [6, 6.07) is 13.3. The van der Waals surface area contributed by atoms with Gasteiger partial charge in [-0.25, -0.2) is 8.42 Å². The Balaban J connectivity index is 1.72. The van der Waals surface area contributed by atoms with Crippen molar-refractivity contribution >= 4 is 21.4 Å². The highest BCUT2D eigenvalue weighted by atomic mass is 32.2. The molecule has 162 valence electrons. The third-order valence-corrected chi connectivity index (χ3v) is 7.84. The molecule has 1 aromatic heterocycles. The van der Waals surface area contributed by atoms with Gasteiger partial charge in [-0.15, -0.1) is 0 Å². The summed E-state index contributed by atoms with van der Waals surface area (Å²) in [5.41, 5.74) is 7.21. The standard InChI is InChI=1S/C24H27N3O3S/c1-15-5-7-19(11-17(15)3)23-13-22(26-27(23)21-9-10-31(29,30)14-21)24(28)25-20-8-6-16(2)18(4)12-20/h5-8,11-13,21H,9-10,14H2,1-4H3,(H,25,28)/t21-/m0/s1. The number of rotatable bonds is 4. The molecule has 4 rings (SSSR count). The first-order valence-corrected chi connectivity index (χ1v) is 12.2. The van der Waals surface area contributed by atoms with Crippen molar-refractivity contribution in [3.05, 3.63) is 70.4 Å². The van der Waals surface area contributed by atoms with Crippen LogP contribution in [0.1, 0.15) is 45.2 Å². The molecule has 1 fully saturated rings. The fourth-order valence-electron chi connectivity index (χ4n) is 3.88. The van der Waals surface area contributed by atoms with E-state index in [1.165, 1.54) is 5.56 Å². The van der Waals surface area contributed by atoms with Crippen molar-refractivity contribution in [3.63, 3.8) is 0 Å². The van der Waals surface area contributed by atoms with Crippen molar-refractivity contribution < 1.29 is 13.2 Å². The highest BCUT2D eigenvalue weighted by Crippen LogP contribution is 2.31. The zero-order valence-corrected chi connectivity index (χ0v) is 19.1. The fraction of sp³-hybridized carbons (Fsp3) is 0.333. The van der Waals surface area contributed by atoms with E-state index in [4.69, 9.17) is 0 Å². The molecule has 0 unspecified atom stereocenters. The second-order valence-electron chi connectivity index (χ2n) is 8.47. The Labute approximate surface area is 183 Å². The highest BCUT2D eigenvalue weighted by Gasteiger charge is 2.32. The average molecular weight is 438 g/mol. The van der Waals surface area contributed by atoms with E-state index in [1.54, 1.807) is 10.7 Å². The number of nitrogens with zero attached hydrogens (tertiary/aromatic N) is 2. The lowest BCUT2D eigenvalue weighted by Crippen LogP contribution is -2.16. The number of benzene rings is 2. The molecule has 0 bridgehead atoms. The number of carbonyl (C=O) groups excluding carboxylic acids is 1. The van der Waals surface area contributed by atoms with Crippen molar-refractivity contribution in [2.24, 2.45) is 0 Å². The topological polar surface area (TPSA) is 81.1 Å². The summed E-state index contributed by atoms with van der Waals surface area (Å²) in [7, 11) is -3.09. The second-order valence-corrected chi connectivity index (χ2v) is 10.7. The third kappa shape index (κ3) is 4.42. The molecule has 1 saturated heterocycles. The van der Waals surface area contributed by atoms with E-state index in [0.29, 0.717) is 12.1 Å². The molecule has 1 aliphatic heterocycles. The van der Waals surface area contributed by atoms with E-state index in [9.17, 15) is 13.2 Å². The van der Waals surface area contributed by atoms with Crippen molar-refractivity contribution in [1.29, 1.82) is 0 Å². The Morgan fingerprint density at radius 1 is 0.968 bits per heavy atom. The lowest BCUT2D eigenvalue weighted by molar-refractivity contribution is 0.102. The number of sulfone groups is 1. The van der Waals surface area contributed by atoms with Gasteiger partial charge in [0.2, 0.25) is 0 Å². The van der Waals surface area contributed by atoms with E-state index < -0.39 is 9.84 Å². The van der Waals surface area contributed by atoms with Gasteiger partial charge < -0.3 is 5.32 Å². The summed E-state index contributed by atoms with van der Waals surface area (Å²) < 4.78 is 25.9. The molecule has 1 aliphatic rings. The van der Waals surface area contributed by atoms with Gasteiger partial charge in [0.15, 0.2) is 15.5 Å². The highest BCUT2D eigenvalue weighted by molar-refractivity contribution is 7.91. The minimum atomic E-state index is -3.09. The normalized spacial score (nSPS) is 17.6. The largest absolute Gasteiger partial charge is 0.321 e. The first-order chi connectivity index (χ1) is 14.6. The minimum absolute atomic E-state index is 0.0464. The van der Waals surface area contributed by atoms with Crippen LogP contribution < -0.4 is 5.32 Å². The second kappa shape index (κ2) is 7.96. The number of carbonyl (C=O) groups is 1. The SMILES string of the molecule is Cc1ccc(NC(=O)c2cc(-c3ccc(C)c(C)c3)n([C@H]3CCS(=O)(=O)C3)n2)cc1C. The predicted molar refractivity (Wildman–Crippen MR) is 123 cm³/mol. The number of hydrogen-bond donors (Lipinski definition) is 1. The number of aryl methyl sites for hydroxylation is 4. The van der Waals surface area contributed by atoms with Crippen LogP contribution >= 0.6 is 0 Å². The fourth-order valence-corrected chi connectivity index (χ4v) is 5.57. The maximum atomic E-state index is 13.0. The van der Waals surface area contributed by atoms with Gasteiger partial charge in [-0.2, -0.15) is 5.10 Å². The van der Waals surface area contributed by atoms with Gasteiger partial charge >= 0.3 is 0 Å². The summed E-state index contributed by atoms with van der Waals surface area (Å²) in [4.78, 5) is 13.0. The number of nitrogens with one attached hydrogen (secondary N) is 1. The quantitative estimate of drug-likeness (QED) is 0.656. The van der Waals surface area contributed by atoms with Gasteiger partial charge in [0.1, 0.15) is 0 Å². The molecule has 0 spiro atoms. The molecule has 6 nitrogen and oxygen atoms in total. The van der Waals surface area contributed by atoms with E-state index in [2.05, 4.69) is 16.5 Å².